The molecule has 0 atom stereocenters. The highest BCUT2D eigenvalue weighted by atomic mass is 19.1. The second-order valence-electron chi connectivity index (χ2n) is 5.03. The molecular formula is C15H20FNO3. The van der Waals surface area contributed by atoms with E-state index in [2.05, 4.69) is 5.32 Å². The Kier molecular flexibility index (Phi) is 5.25. The lowest BCUT2D eigenvalue weighted by Crippen LogP contribution is -2.49. The van der Waals surface area contributed by atoms with Gasteiger partial charge in [-0.25, -0.2) is 4.39 Å². The average molecular weight is 281 g/mol. The first kappa shape index (κ1) is 16.1. The van der Waals surface area contributed by atoms with Crippen molar-refractivity contribution in [3.05, 3.63) is 35.1 Å². The molecule has 4 nitrogen and oxygen atoms in total. The number of aliphatic carboxylic acids is 1. The Bertz CT molecular complexity index is 490. The molecule has 0 radical (unpaired) electrons. The van der Waals surface area contributed by atoms with Crippen molar-refractivity contribution in [2.45, 2.75) is 45.6 Å². The highest BCUT2D eigenvalue weighted by Gasteiger charge is 2.31. The van der Waals surface area contributed by atoms with Gasteiger partial charge in [0.2, 0.25) is 0 Å². The minimum absolute atomic E-state index is 0.153. The summed E-state index contributed by atoms with van der Waals surface area (Å²) in [5, 5.41) is 11.7. The summed E-state index contributed by atoms with van der Waals surface area (Å²) in [7, 11) is 0. The molecule has 0 saturated heterocycles. The molecule has 1 rings (SSSR count). The van der Waals surface area contributed by atoms with E-state index >= 15 is 0 Å². The number of amides is 1. The number of hydrogen-bond donors (Lipinski definition) is 2. The van der Waals surface area contributed by atoms with Crippen LogP contribution in [0.5, 0.6) is 0 Å². The zero-order valence-corrected chi connectivity index (χ0v) is 12.0. The van der Waals surface area contributed by atoms with E-state index in [9.17, 15) is 14.0 Å². The number of carbonyl (C=O) groups excluding carboxylic acids is 1. The second-order valence-corrected chi connectivity index (χ2v) is 5.03. The Morgan fingerprint density at radius 2 is 1.85 bits per heavy atom. The van der Waals surface area contributed by atoms with E-state index in [1.54, 1.807) is 13.0 Å². The van der Waals surface area contributed by atoms with Crippen LogP contribution in [0.1, 0.15) is 49.0 Å². The first-order valence-electron chi connectivity index (χ1n) is 6.63. The highest BCUT2D eigenvalue weighted by molar-refractivity contribution is 5.95. The Balaban J connectivity index is 2.98. The van der Waals surface area contributed by atoms with Gasteiger partial charge in [0.15, 0.2) is 0 Å². The molecule has 0 aliphatic carbocycles. The van der Waals surface area contributed by atoms with Crippen LogP contribution in [0.4, 0.5) is 4.39 Å². The second kappa shape index (κ2) is 6.50. The summed E-state index contributed by atoms with van der Waals surface area (Å²) in [6, 6.07) is 4.06. The first-order chi connectivity index (χ1) is 9.31. The Labute approximate surface area is 118 Å². The van der Waals surface area contributed by atoms with Crippen molar-refractivity contribution in [3.8, 4) is 0 Å². The molecule has 1 aromatic carbocycles. The van der Waals surface area contributed by atoms with Crippen molar-refractivity contribution in [2.75, 3.05) is 0 Å². The number of hydrogen-bond acceptors (Lipinski definition) is 2. The van der Waals surface area contributed by atoms with Crippen LogP contribution >= 0.6 is 0 Å². The van der Waals surface area contributed by atoms with Crippen molar-refractivity contribution in [1.82, 2.24) is 5.32 Å². The number of nitrogens with one attached hydrogen (secondary N) is 1. The van der Waals surface area contributed by atoms with Gasteiger partial charge in [0.1, 0.15) is 5.82 Å². The fourth-order valence-corrected chi connectivity index (χ4v) is 2.19. The lowest BCUT2D eigenvalue weighted by molar-refractivity contribution is -0.138. The molecule has 0 aromatic heterocycles. The van der Waals surface area contributed by atoms with Gasteiger partial charge in [-0.05, 0) is 43.5 Å². The summed E-state index contributed by atoms with van der Waals surface area (Å²) in [6.07, 6.45) is 0.839. The zero-order valence-electron chi connectivity index (χ0n) is 12.0. The highest BCUT2D eigenvalue weighted by Crippen LogP contribution is 2.21. The third-order valence-corrected chi connectivity index (χ3v) is 3.53. The largest absolute Gasteiger partial charge is 0.481 e. The molecule has 5 heteroatoms. The van der Waals surface area contributed by atoms with Crippen LogP contribution in [0.2, 0.25) is 0 Å². The summed E-state index contributed by atoms with van der Waals surface area (Å²) in [6.45, 7) is 5.34. The quantitative estimate of drug-likeness (QED) is 0.842. The number of benzene rings is 1. The van der Waals surface area contributed by atoms with Gasteiger partial charge in [0.05, 0.1) is 12.0 Å². The van der Waals surface area contributed by atoms with E-state index in [1.165, 1.54) is 6.07 Å². The predicted molar refractivity (Wildman–Crippen MR) is 74.2 cm³/mol. The molecule has 0 bridgehead atoms. The maximum Gasteiger partial charge on any atom is 0.305 e. The molecule has 0 aliphatic heterocycles. The third kappa shape index (κ3) is 4.05. The lowest BCUT2D eigenvalue weighted by atomic mass is 9.88. The fourth-order valence-electron chi connectivity index (χ4n) is 2.19. The smallest absolute Gasteiger partial charge is 0.305 e. The Morgan fingerprint density at radius 1 is 1.25 bits per heavy atom. The topological polar surface area (TPSA) is 66.4 Å². The van der Waals surface area contributed by atoms with Crippen LogP contribution in [0.25, 0.3) is 0 Å². The van der Waals surface area contributed by atoms with Gasteiger partial charge in [-0.1, -0.05) is 13.8 Å². The lowest BCUT2D eigenvalue weighted by Gasteiger charge is -2.31. The van der Waals surface area contributed by atoms with Gasteiger partial charge >= 0.3 is 5.97 Å². The molecule has 0 spiro atoms. The standard InChI is InChI=1S/C15H20FNO3/c1-4-15(5-2,9-13(18)19)17-14(20)11-6-10(3)7-12(16)8-11/h6-8H,4-5,9H2,1-3H3,(H,17,20)(H,18,19). The van der Waals surface area contributed by atoms with E-state index in [4.69, 9.17) is 5.11 Å². The van der Waals surface area contributed by atoms with E-state index in [1.807, 2.05) is 13.8 Å². The van der Waals surface area contributed by atoms with Gasteiger partial charge in [-0.2, -0.15) is 0 Å². The summed E-state index contributed by atoms with van der Waals surface area (Å²) in [4.78, 5) is 23.1. The SMILES string of the molecule is CCC(CC)(CC(=O)O)NC(=O)c1cc(C)cc(F)c1. The molecule has 1 amide bonds. The van der Waals surface area contributed by atoms with Crippen LogP contribution in [-0.2, 0) is 4.79 Å². The molecule has 0 saturated carbocycles. The average Bonchev–Trinajstić information content (AvgIpc) is 2.36. The molecule has 2 N–H and O–H groups in total. The maximum absolute atomic E-state index is 13.3. The van der Waals surface area contributed by atoms with Crippen molar-refractivity contribution < 1.29 is 19.1 Å². The number of halogens is 1. The number of carboxylic acids is 1. The van der Waals surface area contributed by atoms with E-state index < -0.39 is 23.2 Å². The van der Waals surface area contributed by atoms with Gasteiger partial charge in [0, 0.05) is 5.56 Å². The number of rotatable bonds is 6. The molecule has 0 aliphatic rings. The van der Waals surface area contributed by atoms with E-state index in [-0.39, 0.29) is 12.0 Å². The van der Waals surface area contributed by atoms with Gasteiger partial charge in [-0.3, -0.25) is 9.59 Å². The van der Waals surface area contributed by atoms with E-state index in [0.29, 0.717) is 18.4 Å². The minimum Gasteiger partial charge on any atom is -0.481 e. The predicted octanol–water partition coefficient (Wildman–Crippen LogP) is 2.90. The van der Waals surface area contributed by atoms with Crippen LogP contribution in [0.3, 0.4) is 0 Å². The molecule has 0 heterocycles. The van der Waals surface area contributed by atoms with Crippen LogP contribution < -0.4 is 5.32 Å². The summed E-state index contributed by atoms with van der Waals surface area (Å²) in [5.74, 6) is -1.89. The molecule has 20 heavy (non-hydrogen) atoms. The first-order valence-corrected chi connectivity index (χ1v) is 6.63. The number of carboxylic acid groups (broad SMARTS) is 1. The summed E-state index contributed by atoms with van der Waals surface area (Å²) >= 11 is 0. The van der Waals surface area contributed by atoms with Gasteiger partial charge in [0.25, 0.3) is 5.91 Å². The van der Waals surface area contributed by atoms with Crippen molar-refractivity contribution in [1.29, 1.82) is 0 Å². The van der Waals surface area contributed by atoms with Crippen molar-refractivity contribution in [2.24, 2.45) is 0 Å². The molecule has 1 aromatic rings. The van der Waals surface area contributed by atoms with Crippen molar-refractivity contribution in [3.63, 3.8) is 0 Å². The van der Waals surface area contributed by atoms with Gasteiger partial charge in [-0.15, -0.1) is 0 Å². The van der Waals surface area contributed by atoms with Crippen LogP contribution in [-0.4, -0.2) is 22.5 Å². The normalized spacial score (nSPS) is 11.2. The Hall–Kier alpha value is -1.91. The number of carbonyl (C=O) groups is 2. The maximum atomic E-state index is 13.3. The van der Waals surface area contributed by atoms with E-state index in [0.717, 1.165) is 6.07 Å². The molecular weight excluding hydrogens is 261 g/mol. The monoisotopic (exact) mass is 281 g/mol. The minimum atomic E-state index is -0.968. The van der Waals surface area contributed by atoms with Crippen molar-refractivity contribution >= 4 is 11.9 Å². The molecule has 110 valence electrons. The summed E-state index contributed by atoms with van der Waals surface area (Å²) < 4.78 is 13.3. The number of aryl methyl sites for hydroxylation is 1. The summed E-state index contributed by atoms with van der Waals surface area (Å²) in [5.41, 5.74) is 0.0505. The molecule has 0 unspecified atom stereocenters. The Morgan fingerprint density at radius 3 is 2.30 bits per heavy atom. The fraction of sp³-hybridized carbons (Fsp3) is 0.467. The van der Waals surface area contributed by atoms with Crippen LogP contribution in [0, 0.1) is 12.7 Å². The molecule has 0 fully saturated rings. The zero-order chi connectivity index (χ0) is 15.3. The van der Waals surface area contributed by atoms with Crippen LogP contribution in [0.15, 0.2) is 18.2 Å². The third-order valence-electron chi connectivity index (χ3n) is 3.53. The van der Waals surface area contributed by atoms with Gasteiger partial charge < -0.3 is 10.4 Å².